The second kappa shape index (κ2) is 5.59. The zero-order valence-corrected chi connectivity index (χ0v) is 15.0. The van der Waals surface area contributed by atoms with E-state index in [1.165, 1.54) is 10.8 Å². The quantitative estimate of drug-likeness (QED) is 0.568. The van der Waals surface area contributed by atoms with Gasteiger partial charge in [0, 0.05) is 17.3 Å². The molecule has 0 amide bonds. The van der Waals surface area contributed by atoms with Gasteiger partial charge >= 0.3 is 0 Å². The van der Waals surface area contributed by atoms with E-state index in [-0.39, 0.29) is 5.54 Å². The van der Waals surface area contributed by atoms with E-state index in [2.05, 4.69) is 80.6 Å². The Morgan fingerprint density at radius 2 is 1.72 bits per heavy atom. The van der Waals surface area contributed by atoms with Crippen LogP contribution >= 0.6 is 0 Å². The summed E-state index contributed by atoms with van der Waals surface area (Å²) < 4.78 is 2.03. The summed E-state index contributed by atoms with van der Waals surface area (Å²) in [5.41, 5.74) is 7.46. The van der Waals surface area contributed by atoms with Gasteiger partial charge in [-0.3, -0.25) is 0 Å². The van der Waals surface area contributed by atoms with Crippen molar-refractivity contribution in [3.63, 3.8) is 0 Å². The van der Waals surface area contributed by atoms with Gasteiger partial charge in [0.25, 0.3) is 0 Å². The van der Waals surface area contributed by atoms with Crippen LogP contribution in [0.4, 0.5) is 0 Å². The third-order valence-electron chi connectivity index (χ3n) is 4.23. The van der Waals surface area contributed by atoms with Crippen LogP contribution in [0.1, 0.15) is 26.3 Å². The van der Waals surface area contributed by atoms with E-state index in [1.54, 1.807) is 0 Å². The summed E-state index contributed by atoms with van der Waals surface area (Å²) in [6.45, 7) is 8.50. The predicted molar refractivity (Wildman–Crippen MR) is 104 cm³/mol. The number of nitrogens with zero attached hydrogens (tertiary/aromatic N) is 3. The lowest BCUT2D eigenvalue weighted by molar-refractivity contribution is 0.561. The number of fused-ring (bicyclic) bond motifs is 2. The van der Waals surface area contributed by atoms with Gasteiger partial charge in [-0.1, -0.05) is 42.5 Å². The molecule has 2 aromatic carbocycles. The molecule has 0 saturated heterocycles. The number of pyridine rings is 1. The highest BCUT2D eigenvalue weighted by Gasteiger charge is 2.20. The van der Waals surface area contributed by atoms with Crippen LogP contribution in [-0.2, 0) is 0 Å². The van der Waals surface area contributed by atoms with Crippen molar-refractivity contribution in [3.05, 3.63) is 60.3 Å². The summed E-state index contributed by atoms with van der Waals surface area (Å²) in [7, 11) is 0. The van der Waals surface area contributed by atoms with E-state index < -0.39 is 0 Å². The van der Waals surface area contributed by atoms with Crippen molar-refractivity contribution in [2.24, 2.45) is 0 Å². The Morgan fingerprint density at radius 3 is 2.52 bits per heavy atom. The Balaban J connectivity index is 2.06. The van der Waals surface area contributed by atoms with Crippen LogP contribution in [0.2, 0.25) is 0 Å². The molecule has 4 aromatic rings. The fourth-order valence-electron chi connectivity index (χ4n) is 3.14. The van der Waals surface area contributed by atoms with Gasteiger partial charge in [0.05, 0.1) is 0 Å². The van der Waals surface area contributed by atoms with Gasteiger partial charge in [-0.05, 0) is 50.1 Å². The molecular formula is C21H22N4. The van der Waals surface area contributed by atoms with Crippen molar-refractivity contribution in [1.29, 1.82) is 0 Å². The molecule has 4 nitrogen and oxygen atoms in total. The lowest BCUT2D eigenvalue weighted by atomic mass is 10.0. The van der Waals surface area contributed by atoms with Crippen LogP contribution in [0.5, 0.6) is 0 Å². The number of nitrogens with one attached hydrogen (secondary N) is 1. The van der Waals surface area contributed by atoms with E-state index in [1.807, 2.05) is 16.9 Å². The van der Waals surface area contributed by atoms with Crippen molar-refractivity contribution >= 4 is 21.9 Å². The summed E-state index contributed by atoms with van der Waals surface area (Å²) in [4.78, 5) is 9.55. The molecule has 4 rings (SSSR count). The summed E-state index contributed by atoms with van der Waals surface area (Å²) in [6, 6.07) is 16.8. The lowest BCUT2D eigenvalue weighted by Crippen LogP contribution is -2.34. The van der Waals surface area contributed by atoms with Gasteiger partial charge in [-0.15, -0.1) is 0 Å². The smallest absolute Gasteiger partial charge is 0.179 e. The number of hydrogen-bond acceptors (Lipinski definition) is 3. The Labute approximate surface area is 147 Å². The van der Waals surface area contributed by atoms with E-state index in [4.69, 9.17) is 4.98 Å². The first-order valence-electron chi connectivity index (χ1n) is 8.54. The minimum absolute atomic E-state index is 0.113. The zero-order valence-electron chi connectivity index (χ0n) is 15.0. The monoisotopic (exact) mass is 330 g/mol. The molecule has 0 aliphatic rings. The van der Waals surface area contributed by atoms with E-state index >= 15 is 0 Å². The maximum absolute atomic E-state index is 4.95. The van der Waals surface area contributed by atoms with Crippen molar-refractivity contribution < 1.29 is 0 Å². The number of rotatable bonds is 2. The van der Waals surface area contributed by atoms with Crippen LogP contribution in [0.25, 0.3) is 33.3 Å². The second-order valence-corrected chi connectivity index (χ2v) is 7.46. The minimum Gasteiger partial charge on any atom is -0.317 e. The summed E-state index contributed by atoms with van der Waals surface area (Å²) in [5.74, 6) is 0.892. The maximum atomic E-state index is 4.95. The Kier molecular flexibility index (Phi) is 3.49. The molecule has 0 fully saturated rings. The third-order valence-corrected chi connectivity index (χ3v) is 4.23. The first-order valence-corrected chi connectivity index (χ1v) is 8.54. The van der Waals surface area contributed by atoms with E-state index in [9.17, 15) is 0 Å². The van der Waals surface area contributed by atoms with Crippen LogP contribution in [-0.4, -0.2) is 20.2 Å². The Bertz CT molecular complexity index is 1070. The number of benzene rings is 2. The van der Waals surface area contributed by atoms with Gasteiger partial charge < -0.3 is 5.43 Å². The molecule has 0 atom stereocenters. The fourth-order valence-corrected chi connectivity index (χ4v) is 3.14. The number of hydrogen-bond donors (Lipinski definition) is 1. The fraction of sp³-hybridized carbons (Fsp3) is 0.238. The first-order chi connectivity index (χ1) is 11.9. The standard InChI is InChI=1S/C21H22N4/c1-14-12-13-22-20-18(14)23-19(25(20)24-21(2,3)4)17-11-7-9-15-8-5-6-10-16(15)17/h5-13,24H,1-4H3. The van der Waals surface area contributed by atoms with Gasteiger partial charge in [-0.25, -0.2) is 14.6 Å². The van der Waals surface area contributed by atoms with Crippen molar-refractivity contribution in [2.45, 2.75) is 33.2 Å². The molecule has 0 aliphatic carbocycles. The lowest BCUT2D eigenvalue weighted by Gasteiger charge is -2.24. The Morgan fingerprint density at radius 1 is 0.960 bits per heavy atom. The highest BCUT2D eigenvalue weighted by atomic mass is 15.5. The van der Waals surface area contributed by atoms with Gasteiger partial charge in [0.1, 0.15) is 5.52 Å². The molecule has 0 bridgehead atoms. The Hall–Kier alpha value is -2.88. The zero-order chi connectivity index (χ0) is 17.6. The number of imidazole rings is 1. The second-order valence-electron chi connectivity index (χ2n) is 7.46. The van der Waals surface area contributed by atoms with Crippen molar-refractivity contribution in [2.75, 3.05) is 5.43 Å². The van der Waals surface area contributed by atoms with Crippen LogP contribution in [0, 0.1) is 6.92 Å². The molecule has 4 heteroatoms. The predicted octanol–water partition coefficient (Wildman–Crippen LogP) is 4.90. The molecule has 0 spiro atoms. The SMILES string of the molecule is Cc1ccnc2c1nc(-c1cccc3ccccc13)n2NC(C)(C)C. The summed E-state index contributed by atoms with van der Waals surface area (Å²) in [5, 5.41) is 2.40. The number of aromatic nitrogens is 3. The molecule has 1 N–H and O–H groups in total. The average molecular weight is 330 g/mol. The number of aryl methyl sites for hydroxylation is 1. The molecular weight excluding hydrogens is 308 g/mol. The van der Waals surface area contributed by atoms with Gasteiger partial charge in [0.2, 0.25) is 0 Å². The normalized spacial score (nSPS) is 12.0. The molecule has 2 aromatic heterocycles. The largest absolute Gasteiger partial charge is 0.317 e. The molecule has 2 heterocycles. The molecule has 0 aliphatic heterocycles. The highest BCUT2D eigenvalue weighted by molar-refractivity contribution is 5.96. The topological polar surface area (TPSA) is 42.7 Å². The summed E-state index contributed by atoms with van der Waals surface area (Å²) in [6.07, 6.45) is 1.84. The molecule has 0 unspecified atom stereocenters. The first kappa shape index (κ1) is 15.6. The van der Waals surface area contributed by atoms with E-state index in [0.29, 0.717) is 0 Å². The van der Waals surface area contributed by atoms with Crippen molar-refractivity contribution in [1.82, 2.24) is 14.6 Å². The van der Waals surface area contributed by atoms with Gasteiger partial charge in [0.15, 0.2) is 11.5 Å². The van der Waals surface area contributed by atoms with Crippen molar-refractivity contribution in [3.8, 4) is 11.4 Å². The van der Waals surface area contributed by atoms with Gasteiger partial charge in [-0.2, -0.15) is 0 Å². The molecule has 0 saturated carbocycles. The average Bonchev–Trinajstić information content (AvgIpc) is 2.92. The third kappa shape index (κ3) is 2.74. The van der Waals surface area contributed by atoms with Crippen LogP contribution in [0.3, 0.4) is 0 Å². The minimum atomic E-state index is -0.113. The maximum Gasteiger partial charge on any atom is 0.179 e. The van der Waals surface area contributed by atoms with E-state index in [0.717, 1.165) is 28.1 Å². The molecule has 0 radical (unpaired) electrons. The molecule has 25 heavy (non-hydrogen) atoms. The highest BCUT2D eigenvalue weighted by Crippen LogP contribution is 2.31. The van der Waals surface area contributed by atoms with Crippen LogP contribution in [0.15, 0.2) is 54.7 Å². The van der Waals surface area contributed by atoms with Crippen LogP contribution < -0.4 is 5.43 Å². The summed E-state index contributed by atoms with van der Waals surface area (Å²) >= 11 is 0. The molecule has 126 valence electrons.